The van der Waals surface area contributed by atoms with Gasteiger partial charge >= 0.3 is 0 Å². The Hall–Kier alpha value is -2.64. The summed E-state index contributed by atoms with van der Waals surface area (Å²) in [6, 6.07) is 18.5. The Morgan fingerprint density at radius 3 is 1.93 bits per heavy atom. The Bertz CT molecular complexity index is 1190. The summed E-state index contributed by atoms with van der Waals surface area (Å²) in [4.78, 5) is -0.0731. The minimum Gasteiger partial charge on any atom is -0.280 e. The Morgan fingerprint density at radius 2 is 1.26 bits per heavy atom. The third kappa shape index (κ3) is 4.04. The molecule has 0 aromatic heterocycles. The van der Waals surface area contributed by atoms with Gasteiger partial charge in [-0.15, -0.1) is 0 Å². The fourth-order valence-corrected chi connectivity index (χ4v) is 5.06. The van der Waals surface area contributed by atoms with E-state index in [0.29, 0.717) is 5.69 Å². The van der Waals surface area contributed by atoms with Gasteiger partial charge in [-0.25, -0.2) is 16.8 Å². The molecule has 0 fully saturated rings. The highest BCUT2D eigenvalue weighted by Gasteiger charge is 2.21. The van der Waals surface area contributed by atoms with Crippen molar-refractivity contribution in [2.24, 2.45) is 0 Å². The van der Waals surface area contributed by atoms with Crippen LogP contribution in [0, 0.1) is 13.8 Å². The van der Waals surface area contributed by atoms with Crippen LogP contribution < -0.4 is 4.72 Å². The molecule has 0 aliphatic carbocycles. The third-order valence-electron chi connectivity index (χ3n) is 4.24. The van der Waals surface area contributed by atoms with Gasteiger partial charge in [-0.1, -0.05) is 30.3 Å². The molecule has 27 heavy (non-hydrogen) atoms. The smallest absolute Gasteiger partial charge is 0.261 e. The van der Waals surface area contributed by atoms with E-state index in [9.17, 15) is 16.8 Å². The Balaban J connectivity index is 1.98. The summed E-state index contributed by atoms with van der Waals surface area (Å²) in [6.07, 6.45) is 0. The fourth-order valence-electron chi connectivity index (χ4n) is 2.56. The molecule has 0 radical (unpaired) electrons. The van der Waals surface area contributed by atoms with Crippen molar-refractivity contribution in [1.82, 2.24) is 0 Å². The van der Waals surface area contributed by atoms with Gasteiger partial charge in [0.05, 0.1) is 14.7 Å². The molecular weight excluding hydrogens is 382 g/mol. The maximum Gasteiger partial charge on any atom is 0.261 e. The number of nitrogens with one attached hydrogen (secondary N) is 1. The maximum absolute atomic E-state index is 12.7. The fraction of sp³-hybridized carbons (Fsp3) is 0.100. The van der Waals surface area contributed by atoms with Crippen molar-refractivity contribution in [2.45, 2.75) is 28.5 Å². The Labute approximate surface area is 159 Å². The van der Waals surface area contributed by atoms with E-state index in [4.69, 9.17) is 0 Å². The lowest BCUT2D eigenvalue weighted by atomic mass is 10.1. The van der Waals surface area contributed by atoms with E-state index < -0.39 is 19.9 Å². The van der Waals surface area contributed by atoms with Crippen molar-refractivity contribution in [3.63, 3.8) is 0 Å². The summed E-state index contributed by atoms with van der Waals surface area (Å²) >= 11 is 0. The summed E-state index contributed by atoms with van der Waals surface area (Å²) in [5.41, 5.74) is 2.43. The van der Waals surface area contributed by atoms with Gasteiger partial charge in [0.15, 0.2) is 0 Å². The first-order valence-electron chi connectivity index (χ1n) is 8.20. The molecule has 0 aliphatic heterocycles. The van der Waals surface area contributed by atoms with E-state index in [0.717, 1.165) is 11.1 Å². The molecule has 140 valence electrons. The first kappa shape index (κ1) is 19.1. The third-order valence-corrected chi connectivity index (χ3v) is 7.39. The van der Waals surface area contributed by atoms with Gasteiger partial charge in [-0.05, 0) is 67.4 Å². The largest absolute Gasteiger partial charge is 0.280 e. The highest BCUT2D eigenvalue weighted by atomic mass is 32.2. The molecule has 7 heteroatoms. The molecule has 0 unspecified atom stereocenters. The van der Waals surface area contributed by atoms with Crippen LogP contribution in [0.4, 0.5) is 5.69 Å². The van der Waals surface area contributed by atoms with Gasteiger partial charge in [-0.3, -0.25) is 4.72 Å². The number of aryl methyl sites for hydroxylation is 2. The van der Waals surface area contributed by atoms with Gasteiger partial charge in [0.2, 0.25) is 9.84 Å². The monoisotopic (exact) mass is 401 g/mol. The second-order valence-corrected chi connectivity index (χ2v) is 9.83. The zero-order valence-corrected chi connectivity index (χ0v) is 16.5. The number of benzene rings is 3. The molecule has 0 amide bonds. The second kappa shape index (κ2) is 7.17. The number of hydrogen-bond donors (Lipinski definition) is 1. The first-order valence-corrected chi connectivity index (χ1v) is 11.2. The molecule has 0 saturated heterocycles. The minimum absolute atomic E-state index is 0.0725. The molecule has 0 aliphatic rings. The topological polar surface area (TPSA) is 80.3 Å². The van der Waals surface area contributed by atoms with Gasteiger partial charge in [-0.2, -0.15) is 0 Å². The first-order chi connectivity index (χ1) is 12.7. The van der Waals surface area contributed by atoms with E-state index >= 15 is 0 Å². The number of sulfone groups is 1. The van der Waals surface area contributed by atoms with Crippen molar-refractivity contribution in [2.75, 3.05) is 4.72 Å². The van der Waals surface area contributed by atoms with Crippen molar-refractivity contribution >= 4 is 25.5 Å². The highest BCUT2D eigenvalue weighted by molar-refractivity contribution is 7.93. The molecule has 0 saturated carbocycles. The van der Waals surface area contributed by atoms with E-state index in [1.165, 1.54) is 36.4 Å². The summed E-state index contributed by atoms with van der Waals surface area (Å²) in [6.45, 7) is 3.83. The second-order valence-electron chi connectivity index (χ2n) is 6.20. The van der Waals surface area contributed by atoms with Crippen molar-refractivity contribution in [1.29, 1.82) is 0 Å². The van der Waals surface area contributed by atoms with Crippen LogP contribution in [0.5, 0.6) is 0 Å². The molecule has 3 aromatic carbocycles. The van der Waals surface area contributed by atoms with Crippen LogP contribution in [0.15, 0.2) is 87.5 Å². The quantitative estimate of drug-likeness (QED) is 0.702. The average Bonchev–Trinajstić information content (AvgIpc) is 2.65. The molecule has 0 atom stereocenters. The summed E-state index contributed by atoms with van der Waals surface area (Å²) in [7, 11) is -7.72. The molecule has 5 nitrogen and oxygen atoms in total. The van der Waals surface area contributed by atoms with Crippen LogP contribution in [0.3, 0.4) is 0 Å². The van der Waals surface area contributed by atoms with Crippen LogP contribution in [0.2, 0.25) is 0 Å². The zero-order chi connectivity index (χ0) is 19.7. The number of anilines is 1. The summed E-state index contributed by atoms with van der Waals surface area (Å²) in [5.74, 6) is 0. The number of hydrogen-bond acceptors (Lipinski definition) is 4. The number of rotatable bonds is 5. The Kier molecular flexibility index (Phi) is 5.08. The zero-order valence-electron chi connectivity index (χ0n) is 14.9. The van der Waals surface area contributed by atoms with E-state index in [1.54, 1.807) is 30.3 Å². The van der Waals surface area contributed by atoms with Crippen molar-refractivity contribution in [3.8, 4) is 0 Å². The maximum atomic E-state index is 12.7. The standard InChI is InChI=1S/C20H19NO4S2/c1-15-11-12-17(13-16(15)2)21-27(24,25)20-10-6-9-19(14-20)26(22,23)18-7-4-3-5-8-18/h3-14,21H,1-2H3. The van der Waals surface area contributed by atoms with E-state index in [1.807, 2.05) is 19.9 Å². The van der Waals surface area contributed by atoms with Crippen LogP contribution in [0.1, 0.15) is 11.1 Å². The predicted octanol–water partition coefficient (Wildman–Crippen LogP) is 3.94. The molecule has 3 rings (SSSR count). The van der Waals surface area contributed by atoms with Crippen LogP contribution in [-0.4, -0.2) is 16.8 Å². The lowest BCUT2D eigenvalue weighted by Crippen LogP contribution is -2.14. The lowest BCUT2D eigenvalue weighted by molar-refractivity contribution is 0.595. The average molecular weight is 402 g/mol. The summed E-state index contributed by atoms with van der Waals surface area (Å²) in [5, 5.41) is 0. The van der Waals surface area contributed by atoms with Crippen molar-refractivity contribution in [3.05, 3.63) is 83.9 Å². The van der Waals surface area contributed by atoms with E-state index in [-0.39, 0.29) is 14.7 Å². The normalized spacial score (nSPS) is 11.9. The lowest BCUT2D eigenvalue weighted by Gasteiger charge is -2.11. The van der Waals surface area contributed by atoms with E-state index in [2.05, 4.69) is 4.72 Å². The molecule has 3 aromatic rings. The van der Waals surface area contributed by atoms with Crippen LogP contribution >= 0.6 is 0 Å². The van der Waals surface area contributed by atoms with Crippen molar-refractivity contribution < 1.29 is 16.8 Å². The molecule has 0 spiro atoms. The number of sulfonamides is 1. The molecule has 0 heterocycles. The van der Waals surface area contributed by atoms with Gasteiger partial charge in [0.1, 0.15) is 0 Å². The van der Waals surface area contributed by atoms with Gasteiger partial charge < -0.3 is 0 Å². The van der Waals surface area contributed by atoms with Crippen LogP contribution in [0.25, 0.3) is 0 Å². The van der Waals surface area contributed by atoms with Gasteiger partial charge in [0.25, 0.3) is 10.0 Å². The molecule has 1 N–H and O–H groups in total. The van der Waals surface area contributed by atoms with Crippen LogP contribution in [-0.2, 0) is 19.9 Å². The summed E-state index contributed by atoms with van der Waals surface area (Å²) < 4.78 is 53.4. The van der Waals surface area contributed by atoms with Gasteiger partial charge in [0, 0.05) is 5.69 Å². The predicted molar refractivity (Wildman–Crippen MR) is 105 cm³/mol. The SMILES string of the molecule is Cc1ccc(NS(=O)(=O)c2cccc(S(=O)(=O)c3ccccc3)c2)cc1C. The minimum atomic E-state index is -3.92. The highest BCUT2D eigenvalue weighted by Crippen LogP contribution is 2.24. The molecular formula is C20H19NO4S2. The molecule has 0 bridgehead atoms. The Morgan fingerprint density at radius 1 is 0.630 bits per heavy atom.